The van der Waals surface area contributed by atoms with E-state index in [0.29, 0.717) is 10.9 Å². The Morgan fingerprint density at radius 3 is 2.70 bits per heavy atom. The lowest BCUT2D eigenvalue weighted by atomic mass is 10.1. The molecular formula is C18H15N5O3S. The number of hydrogen-bond acceptors (Lipinski definition) is 5. The number of fused-ring (bicyclic) bond motifs is 1. The first-order chi connectivity index (χ1) is 13.0. The molecule has 2 heterocycles. The molecule has 27 heavy (non-hydrogen) atoms. The zero-order valence-electron chi connectivity index (χ0n) is 14.1. The third-order valence-electron chi connectivity index (χ3n) is 3.74. The molecule has 3 N–H and O–H groups in total. The van der Waals surface area contributed by atoms with Crippen LogP contribution in [0.25, 0.3) is 10.9 Å². The Labute approximate surface area is 158 Å². The van der Waals surface area contributed by atoms with E-state index in [9.17, 15) is 14.4 Å². The van der Waals surface area contributed by atoms with Crippen LogP contribution >= 0.6 is 12.2 Å². The summed E-state index contributed by atoms with van der Waals surface area (Å²) >= 11 is 5.18. The maximum absolute atomic E-state index is 12.5. The van der Waals surface area contributed by atoms with E-state index in [4.69, 9.17) is 12.2 Å². The minimum absolute atomic E-state index is 0.170. The second kappa shape index (κ2) is 7.75. The molecule has 2 amide bonds. The van der Waals surface area contributed by atoms with Crippen molar-refractivity contribution >= 4 is 34.9 Å². The molecule has 0 unspecified atom stereocenters. The summed E-state index contributed by atoms with van der Waals surface area (Å²) in [5.74, 6) is -1.09. The van der Waals surface area contributed by atoms with Gasteiger partial charge in [-0.05, 0) is 42.5 Å². The lowest BCUT2D eigenvalue weighted by Crippen LogP contribution is -2.41. The standard InChI is InChI=1S/C18H15N5O3S/c1-2-9-23-17(26)12-7-6-11(10-14(12)20-18(23)27)15(24)21-22-16(25)13-5-3-4-8-19-13/h2-8,10H,1,9H2,(H,20,27)(H,21,24)(H,22,25). The van der Waals surface area contributed by atoms with E-state index < -0.39 is 11.8 Å². The van der Waals surface area contributed by atoms with Crippen LogP contribution in [0.1, 0.15) is 20.8 Å². The molecule has 9 heteroatoms. The van der Waals surface area contributed by atoms with Gasteiger partial charge in [-0.1, -0.05) is 12.1 Å². The van der Waals surface area contributed by atoms with Gasteiger partial charge in [-0.3, -0.25) is 34.8 Å². The van der Waals surface area contributed by atoms with E-state index in [1.54, 1.807) is 18.2 Å². The minimum Gasteiger partial charge on any atom is -0.332 e. The molecule has 3 rings (SSSR count). The first-order valence-electron chi connectivity index (χ1n) is 7.90. The van der Waals surface area contributed by atoms with Gasteiger partial charge in [0.15, 0.2) is 4.77 Å². The van der Waals surface area contributed by atoms with Gasteiger partial charge in [0.2, 0.25) is 0 Å². The van der Waals surface area contributed by atoms with Gasteiger partial charge < -0.3 is 4.98 Å². The van der Waals surface area contributed by atoms with E-state index in [-0.39, 0.29) is 28.1 Å². The number of amides is 2. The van der Waals surface area contributed by atoms with Gasteiger partial charge in [0.1, 0.15) is 5.69 Å². The summed E-state index contributed by atoms with van der Waals surface area (Å²) in [6.45, 7) is 3.88. The van der Waals surface area contributed by atoms with E-state index in [0.717, 1.165) is 0 Å². The second-order valence-electron chi connectivity index (χ2n) is 5.52. The van der Waals surface area contributed by atoms with Crippen LogP contribution in [-0.4, -0.2) is 26.3 Å². The lowest BCUT2D eigenvalue weighted by molar-refractivity contribution is 0.0844. The van der Waals surface area contributed by atoms with Gasteiger partial charge in [-0.15, -0.1) is 6.58 Å². The molecule has 1 aromatic carbocycles. The fourth-order valence-electron chi connectivity index (χ4n) is 2.44. The summed E-state index contributed by atoms with van der Waals surface area (Å²) in [4.78, 5) is 43.5. The highest BCUT2D eigenvalue weighted by molar-refractivity contribution is 7.71. The van der Waals surface area contributed by atoms with Gasteiger partial charge in [-0.25, -0.2) is 0 Å². The molecule has 0 radical (unpaired) electrons. The third-order valence-corrected chi connectivity index (χ3v) is 4.07. The van der Waals surface area contributed by atoms with Crippen LogP contribution in [0, 0.1) is 4.77 Å². The Bertz CT molecular complexity index is 1150. The second-order valence-corrected chi connectivity index (χ2v) is 5.90. The molecule has 0 saturated heterocycles. The number of benzene rings is 1. The Hall–Kier alpha value is -3.59. The number of carbonyl (C=O) groups is 2. The van der Waals surface area contributed by atoms with Crippen molar-refractivity contribution in [2.24, 2.45) is 0 Å². The van der Waals surface area contributed by atoms with E-state index >= 15 is 0 Å². The molecule has 3 aromatic rings. The molecule has 136 valence electrons. The number of nitrogens with one attached hydrogen (secondary N) is 3. The van der Waals surface area contributed by atoms with Gasteiger partial charge in [0.25, 0.3) is 17.4 Å². The molecular weight excluding hydrogens is 366 g/mol. The highest BCUT2D eigenvalue weighted by Gasteiger charge is 2.12. The number of aromatic amines is 1. The van der Waals surface area contributed by atoms with Crippen molar-refractivity contribution in [2.45, 2.75) is 6.54 Å². The number of pyridine rings is 1. The number of hydrazine groups is 1. The maximum Gasteiger partial charge on any atom is 0.288 e. The molecule has 8 nitrogen and oxygen atoms in total. The smallest absolute Gasteiger partial charge is 0.288 e. The van der Waals surface area contributed by atoms with E-state index in [1.165, 1.54) is 35.0 Å². The van der Waals surface area contributed by atoms with Gasteiger partial charge in [0, 0.05) is 18.3 Å². The fraction of sp³-hybridized carbons (Fsp3) is 0.0556. The van der Waals surface area contributed by atoms with Crippen LogP contribution in [0.2, 0.25) is 0 Å². The van der Waals surface area contributed by atoms with Crippen molar-refractivity contribution in [3.63, 3.8) is 0 Å². The molecule has 0 aliphatic rings. The zero-order chi connectivity index (χ0) is 19.4. The van der Waals surface area contributed by atoms with Crippen LogP contribution < -0.4 is 16.4 Å². The van der Waals surface area contributed by atoms with Gasteiger partial charge >= 0.3 is 0 Å². The molecule has 0 aliphatic heterocycles. The highest BCUT2D eigenvalue weighted by Crippen LogP contribution is 2.11. The number of rotatable bonds is 4. The molecule has 0 spiro atoms. The number of hydrogen-bond donors (Lipinski definition) is 3. The minimum atomic E-state index is -0.546. The van der Waals surface area contributed by atoms with Gasteiger partial charge in [0.05, 0.1) is 10.9 Å². The summed E-state index contributed by atoms with van der Waals surface area (Å²) in [5, 5.41) is 0.388. The van der Waals surface area contributed by atoms with E-state index in [2.05, 4.69) is 27.4 Å². The van der Waals surface area contributed by atoms with Crippen LogP contribution in [0.3, 0.4) is 0 Å². The average Bonchev–Trinajstić information content (AvgIpc) is 2.69. The fourth-order valence-corrected chi connectivity index (χ4v) is 2.70. The van der Waals surface area contributed by atoms with Crippen LogP contribution in [0.5, 0.6) is 0 Å². The quantitative estimate of drug-likeness (QED) is 0.362. The van der Waals surface area contributed by atoms with Crippen molar-refractivity contribution in [2.75, 3.05) is 0 Å². The number of carbonyl (C=O) groups excluding carboxylic acids is 2. The average molecular weight is 381 g/mol. The van der Waals surface area contributed by atoms with Crippen molar-refractivity contribution in [1.29, 1.82) is 0 Å². The summed E-state index contributed by atoms with van der Waals surface area (Å²) < 4.78 is 1.60. The third kappa shape index (κ3) is 3.82. The zero-order valence-corrected chi connectivity index (χ0v) is 14.9. The maximum atomic E-state index is 12.5. The molecule has 0 aliphatic carbocycles. The Morgan fingerprint density at radius 2 is 2.00 bits per heavy atom. The lowest BCUT2D eigenvalue weighted by Gasteiger charge is -2.09. The van der Waals surface area contributed by atoms with Crippen molar-refractivity contribution in [3.05, 3.63) is 81.6 Å². The highest BCUT2D eigenvalue weighted by atomic mass is 32.1. The first kappa shape index (κ1) is 18.2. The monoisotopic (exact) mass is 381 g/mol. The normalized spacial score (nSPS) is 10.4. The molecule has 0 bridgehead atoms. The molecule has 0 fully saturated rings. The van der Waals surface area contributed by atoms with Crippen molar-refractivity contribution in [3.8, 4) is 0 Å². The molecule has 0 atom stereocenters. The van der Waals surface area contributed by atoms with Crippen molar-refractivity contribution < 1.29 is 9.59 Å². The summed E-state index contributed by atoms with van der Waals surface area (Å²) in [7, 11) is 0. The summed E-state index contributed by atoms with van der Waals surface area (Å²) in [6.07, 6.45) is 3.05. The topological polar surface area (TPSA) is 109 Å². The summed E-state index contributed by atoms with van der Waals surface area (Å²) in [6, 6.07) is 9.36. The number of allylic oxidation sites excluding steroid dienone is 1. The summed E-state index contributed by atoms with van der Waals surface area (Å²) in [5.41, 5.74) is 5.16. The Morgan fingerprint density at radius 1 is 1.22 bits per heavy atom. The number of aromatic nitrogens is 3. The van der Waals surface area contributed by atoms with Crippen molar-refractivity contribution in [1.82, 2.24) is 25.4 Å². The number of H-pyrrole nitrogens is 1. The number of nitrogens with zero attached hydrogens (tertiary/aromatic N) is 2. The largest absolute Gasteiger partial charge is 0.332 e. The Kier molecular flexibility index (Phi) is 5.23. The Balaban J connectivity index is 1.82. The van der Waals surface area contributed by atoms with Crippen LogP contribution in [0.15, 0.2) is 60.0 Å². The van der Waals surface area contributed by atoms with Gasteiger partial charge in [-0.2, -0.15) is 0 Å². The van der Waals surface area contributed by atoms with Crippen LogP contribution in [-0.2, 0) is 6.54 Å². The predicted octanol–water partition coefficient (Wildman–Crippen LogP) is 1.71. The molecule has 2 aromatic heterocycles. The van der Waals surface area contributed by atoms with Crippen LogP contribution in [0.4, 0.5) is 0 Å². The first-order valence-corrected chi connectivity index (χ1v) is 8.31. The predicted molar refractivity (Wildman–Crippen MR) is 103 cm³/mol. The molecule has 0 saturated carbocycles. The SMILES string of the molecule is C=CCn1c(=S)[nH]c2cc(C(=O)NNC(=O)c3ccccn3)ccc2c1=O. The van der Waals surface area contributed by atoms with E-state index in [1.807, 2.05) is 0 Å².